The fraction of sp³-hybridized carbons (Fsp3) is 0.385. The minimum Gasteiger partial charge on any atom is -0.284 e. The molecule has 1 heterocycles. The van der Waals surface area contributed by atoms with Crippen molar-refractivity contribution >= 4 is 11.8 Å². The van der Waals surface area contributed by atoms with Crippen molar-refractivity contribution in [1.82, 2.24) is 9.80 Å². The molecule has 1 fully saturated rings. The highest BCUT2D eigenvalue weighted by molar-refractivity contribution is 6.01. The van der Waals surface area contributed by atoms with E-state index in [1.807, 2.05) is 42.3 Å². The van der Waals surface area contributed by atoms with Crippen LogP contribution in [0.25, 0.3) is 0 Å². The van der Waals surface area contributed by atoms with Crippen molar-refractivity contribution in [3.8, 4) is 0 Å². The topological polar surface area (TPSA) is 40.6 Å². The molecule has 1 aromatic carbocycles. The first kappa shape index (κ1) is 11.8. The number of hydrogen-bond acceptors (Lipinski definition) is 3. The predicted octanol–water partition coefficient (Wildman–Crippen LogP) is 1.22. The molecule has 0 aromatic heterocycles. The highest BCUT2D eigenvalue weighted by Crippen LogP contribution is 2.12. The van der Waals surface area contributed by atoms with Crippen LogP contribution in [0.4, 0.5) is 0 Å². The quantitative estimate of drug-likeness (QED) is 0.733. The Balaban J connectivity index is 1.91. The minimum atomic E-state index is -0.0603. The molecule has 4 nitrogen and oxygen atoms in total. The zero-order valence-electron chi connectivity index (χ0n) is 9.93. The van der Waals surface area contributed by atoms with Gasteiger partial charge in [-0.3, -0.25) is 19.4 Å². The Morgan fingerprint density at radius 3 is 2.29 bits per heavy atom. The van der Waals surface area contributed by atoms with E-state index in [9.17, 15) is 9.59 Å². The fourth-order valence-corrected chi connectivity index (χ4v) is 1.97. The number of carbonyl (C=O) groups excluding carboxylic acids is 2. The Morgan fingerprint density at radius 1 is 1.12 bits per heavy atom. The van der Waals surface area contributed by atoms with Crippen LogP contribution in [-0.2, 0) is 16.1 Å². The summed E-state index contributed by atoms with van der Waals surface area (Å²) >= 11 is 0. The van der Waals surface area contributed by atoms with Gasteiger partial charge in [0.2, 0.25) is 11.8 Å². The molecule has 0 unspecified atom stereocenters. The summed E-state index contributed by atoms with van der Waals surface area (Å²) in [6.07, 6.45) is 0.718. The second-order valence-electron chi connectivity index (χ2n) is 4.36. The molecule has 0 spiro atoms. The molecule has 0 radical (unpaired) electrons. The van der Waals surface area contributed by atoms with Crippen LogP contribution in [0, 0.1) is 0 Å². The molecule has 0 aliphatic carbocycles. The summed E-state index contributed by atoms with van der Waals surface area (Å²) in [6.45, 7) is 1.12. The highest BCUT2D eigenvalue weighted by Gasteiger charge is 2.29. The molecular weight excluding hydrogens is 216 g/mol. The molecule has 17 heavy (non-hydrogen) atoms. The van der Waals surface area contributed by atoms with Crippen LogP contribution in [0.5, 0.6) is 0 Å². The maximum atomic E-state index is 11.5. The Bertz CT molecular complexity index is 401. The molecule has 90 valence electrons. The van der Waals surface area contributed by atoms with Gasteiger partial charge in [0, 0.05) is 19.4 Å². The van der Waals surface area contributed by atoms with E-state index in [4.69, 9.17) is 0 Å². The maximum absolute atomic E-state index is 11.5. The van der Waals surface area contributed by atoms with Crippen LogP contribution in [-0.4, -0.2) is 35.3 Å². The molecule has 4 heteroatoms. The van der Waals surface area contributed by atoms with E-state index in [1.165, 1.54) is 10.5 Å². The van der Waals surface area contributed by atoms with E-state index >= 15 is 0 Å². The van der Waals surface area contributed by atoms with Gasteiger partial charge in [-0.2, -0.15) is 0 Å². The molecule has 2 rings (SSSR count). The zero-order valence-corrected chi connectivity index (χ0v) is 9.93. The lowest BCUT2D eigenvalue weighted by Crippen LogP contribution is -2.38. The summed E-state index contributed by atoms with van der Waals surface area (Å²) in [4.78, 5) is 26.2. The summed E-state index contributed by atoms with van der Waals surface area (Å²) in [6, 6.07) is 10.00. The standard InChI is InChI=1S/C13H16N2O2/c1-14(9-11-5-3-2-4-6-11)10-15-12(16)7-8-13(15)17/h2-6H,7-10H2,1H3. The van der Waals surface area contributed by atoms with Gasteiger partial charge < -0.3 is 0 Å². The van der Waals surface area contributed by atoms with Crippen molar-refractivity contribution in [3.63, 3.8) is 0 Å². The van der Waals surface area contributed by atoms with Crippen LogP contribution in [0.3, 0.4) is 0 Å². The normalized spacial score (nSPS) is 16.0. The molecule has 0 atom stereocenters. The third kappa shape index (κ3) is 2.91. The van der Waals surface area contributed by atoms with Crippen molar-refractivity contribution < 1.29 is 9.59 Å². The van der Waals surface area contributed by atoms with Crippen LogP contribution >= 0.6 is 0 Å². The first-order valence-electron chi connectivity index (χ1n) is 5.72. The Kier molecular flexibility index (Phi) is 3.54. The second kappa shape index (κ2) is 5.10. The molecule has 1 aliphatic rings. The summed E-state index contributed by atoms with van der Waals surface area (Å²) in [7, 11) is 1.91. The first-order chi connectivity index (χ1) is 8.16. The largest absolute Gasteiger partial charge is 0.284 e. The predicted molar refractivity (Wildman–Crippen MR) is 63.9 cm³/mol. The lowest BCUT2D eigenvalue weighted by atomic mass is 10.2. The number of nitrogens with zero attached hydrogens (tertiary/aromatic N) is 2. The van der Waals surface area contributed by atoms with Crippen molar-refractivity contribution in [2.45, 2.75) is 19.4 Å². The Labute approximate surface area is 101 Å². The number of carbonyl (C=O) groups is 2. The van der Waals surface area contributed by atoms with E-state index in [2.05, 4.69) is 0 Å². The average Bonchev–Trinajstić information content (AvgIpc) is 2.62. The lowest BCUT2D eigenvalue weighted by molar-refractivity contribution is -0.140. The summed E-state index contributed by atoms with van der Waals surface area (Å²) < 4.78 is 0. The molecule has 1 saturated heterocycles. The van der Waals surface area contributed by atoms with Gasteiger partial charge in [-0.1, -0.05) is 30.3 Å². The molecule has 0 bridgehead atoms. The van der Waals surface area contributed by atoms with Gasteiger partial charge in [-0.15, -0.1) is 0 Å². The Morgan fingerprint density at radius 2 is 1.71 bits per heavy atom. The molecule has 1 aliphatic heterocycles. The highest BCUT2D eigenvalue weighted by atomic mass is 16.2. The summed E-state index contributed by atoms with van der Waals surface area (Å²) in [5, 5.41) is 0. The van der Waals surface area contributed by atoms with Crippen LogP contribution in [0.1, 0.15) is 18.4 Å². The van der Waals surface area contributed by atoms with Crippen LogP contribution in [0.15, 0.2) is 30.3 Å². The Hall–Kier alpha value is -1.68. The van der Waals surface area contributed by atoms with Gasteiger partial charge in [0.15, 0.2) is 0 Å². The smallest absolute Gasteiger partial charge is 0.230 e. The van der Waals surface area contributed by atoms with Crippen molar-refractivity contribution in [2.24, 2.45) is 0 Å². The SMILES string of the molecule is CN(Cc1ccccc1)CN1C(=O)CCC1=O. The van der Waals surface area contributed by atoms with E-state index in [0.717, 1.165) is 6.54 Å². The third-order valence-corrected chi connectivity index (χ3v) is 2.83. The number of likely N-dealkylation sites (tertiary alicyclic amines) is 1. The van der Waals surface area contributed by atoms with Gasteiger partial charge in [0.1, 0.15) is 0 Å². The fourth-order valence-electron chi connectivity index (χ4n) is 1.97. The van der Waals surface area contributed by atoms with E-state index < -0.39 is 0 Å². The lowest BCUT2D eigenvalue weighted by Gasteiger charge is -2.22. The number of benzene rings is 1. The monoisotopic (exact) mass is 232 g/mol. The van der Waals surface area contributed by atoms with Gasteiger partial charge >= 0.3 is 0 Å². The third-order valence-electron chi connectivity index (χ3n) is 2.83. The van der Waals surface area contributed by atoms with E-state index in [0.29, 0.717) is 19.5 Å². The van der Waals surface area contributed by atoms with Gasteiger partial charge in [-0.25, -0.2) is 0 Å². The number of rotatable bonds is 4. The number of amides is 2. The zero-order chi connectivity index (χ0) is 12.3. The van der Waals surface area contributed by atoms with Crippen LogP contribution in [0.2, 0.25) is 0 Å². The molecular formula is C13H16N2O2. The maximum Gasteiger partial charge on any atom is 0.230 e. The number of hydrogen-bond donors (Lipinski definition) is 0. The number of imide groups is 1. The average molecular weight is 232 g/mol. The van der Waals surface area contributed by atoms with Crippen molar-refractivity contribution in [2.75, 3.05) is 13.7 Å². The minimum absolute atomic E-state index is 0.0603. The van der Waals surface area contributed by atoms with Gasteiger partial charge in [-0.05, 0) is 12.6 Å². The first-order valence-corrected chi connectivity index (χ1v) is 5.72. The molecule has 1 aromatic rings. The molecule has 2 amide bonds. The van der Waals surface area contributed by atoms with Crippen LogP contribution < -0.4 is 0 Å². The van der Waals surface area contributed by atoms with Gasteiger partial charge in [0.05, 0.1) is 6.67 Å². The van der Waals surface area contributed by atoms with E-state index in [-0.39, 0.29) is 11.8 Å². The molecule has 0 N–H and O–H groups in total. The van der Waals surface area contributed by atoms with E-state index in [1.54, 1.807) is 0 Å². The summed E-state index contributed by atoms with van der Waals surface area (Å²) in [5.41, 5.74) is 1.18. The van der Waals surface area contributed by atoms with Crippen molar-refractivity contribution in [1.29, 1.82) is 0 Å². The summed E-state index contributed by atoms with van der Waals surface area (Å²) in [5.74, 6) is -0.121. The van der Waals surface area contributed by atoms with Gasteiger partial charge in [0.25, 0.3) is 0 Å². The van der Waals surface area contributed by atoms with Crippen molar-refractivity contribution in [3.05, 3.63) is 35.9 Å². The molecule has 0 saturated carbocycles. The second-order valence-corrected chi connectivity index (χ2v) is 4.36.